The second-order valence-electron chi connectivity index (χ2n) is 5.15. The minimum atomic E-state index is -0.661. The van der Waals surface area contributed by atoms with Gasteiger partial charge in [-0.05, 0) is 12.5 Å². The van der Waals surface area contributed by atoms with Gasteiger partial charge in [-0.2, -0.15) is 0 Å². The molecular weight excluding hydrogens is 256 g/mol. The van der Waals surface area contributed by atoms with Crippen LogP contribution in [0.3, 0.4) is 0 Å². The van der Waals surface area contributed by atoms with Crippen LogP contribution in [-0.4, -0.2) is 46.3 Å². The molecule has 0 spiro atoms. The lowest BCUT2D eigenvalue weighted by Gasteiger charge is -2.39. The largest absolute Gasteiger partial charge is 0.307 e. The molecule has 3 atom stereocenters. The Bertz CT molecular complexity index is 410. The predicted octanol–water partition coefficient (Wildman–Crippen LogP) is 1.79. The van der Waals surface area contributed by atoms with E-state index in [1.54, 1.807) is 0 Å². The van der Waals surface area contributed by atoms with Crippen molar-refractivity contribution in [3.05, 3.63) is 35.9 Å². The zero-order chi connectivity index (χ0) is 13.7. The summed E-state index contributed by atoms with van der Waals surface area (Å²) in [5.74, 6) is 1.56. The summed E-state index contributed by atoms with van der Waals surface area (Å²) in [5.41, 5.74) is 1.34. The van der Waals surface area contributed by atoms with Crippen LogP contribution in [0, 0.1) is 0 Å². The molecule has 1 fully saturated rings. The van der Waals surface area contributed by atoms with Gasteiger partial charge in [0.15, 0.2) is 0 Å². The lowest BCUT2D eigenvalue weighted by atomic mass is 10.0. The highest BCUT2D eigenvalue weighted by atomic mass is 32.2. The first-order chi connectivity index (χ1) is 9.20. The first-order valence-electron chi connectivity index (χ1n) is 7.08. The summed E-state index contributed by atoms with van der Waals surface area (Å²) in [4.78, 5) is 2.46. The van der Waals surface area contributed by atoms with Crippen LogP contribution in [0.1, 0.15) is 25.5 Å². The first-order valence-corrected chi connectivity index (χ1v) is 8.57. The number of benzene rings is 1. The van der Waals surface area contributed by atoms with E-state index >= 15 is 0 Å². The van der Waals surface area contributed by atoms with E-state index < -0.39 is 10.8 Å². The van der Waals surface area contributed by atoms with E-state index in [2.05, 4.69) is 47.5 Å². The average molecular weight is 280 g/mol. The highest BCUT2D eigenvalue weighted by Crippen LogP contribution is 2.19. The van der Waals surface area contributed by atoms with E-state index in [1.807, 2.05) is 6.92 Å². The molecule has 3 unspecified atom stereocenters. The van der Waals surface area contributed by atoms with Gasteiger partial charge in [0.25, 0.3) is 0 Å². The molecule has 2 rings (SSSR count). The van der Waals surface area contributed by atoms with Crippen molar-refractivity contribution >= 4 is 10.8 Å². The molecule has 4 heteroatoms. The van der Waals surface area contributed by atoms with Crippen molar-refractivity contribution in [2.24, 2.45) is 0 Å². The zero-order valence-electron chi connectivity index (χ0n) is 11.8. The monoisotopic (exact) mass is 280 g/mol. The third-order valence-corrected chi connectivity index (χ3v) is 5.11. The van der Waals surface area contributed by atoms with Gasteiger partial charge in [-0.25, -0.2) is 0 Å². The number of piperazine rings is 1. The SMILES string of the molecule is CCS(=O)CCN1CC(c2ccccc2)NCC1C. The molecule has 1 N–H and O–H groups in total. The first kappa shape index (κ1) is 14.7. The van der Waals surface area contributed by atoms with E-state index in [0.29, 0.717) is 12.1 Å². The van der Waals surface area contributed by atoms with Gasteiger partial charge in [-0.3, -0.25) is 9.11 Å². The minimum Gasteiger partial charge on any atom is -0.307 e. The van der Waals surface area contributed by atoms with Gasteiger partial charge in [0.1, 0.15) is 0 Å². The van der Waals surface area contributed by atoms with Gasteiger partial charge in [0.2, 0.25) is 0 Å². The Balaban J connectivity index is 1.94. The van der Waals surface area contributed by atoms with Crippen molar-refractivity contribution in [3.63, 3.8) is 0 Å². The molecule has 0 aliphatic carbocycles. The van der Waals surface area contributed by atoms with Crippen LogP contribution in [0.25, 0.3) is 0 Å². The van der Waals surface area contributed by atoms with Crippen LogP contribution in [0.15, 0.2) is 30.3 Å². The third-order valence-electron chi connectivity index (χ3n) is 3.83. The molecule has 106 valence electrons. The van der Waals surface area contributed by atoms with E-state index in [4.69, 9.17) is 0 Å². The van der Waals surface area contributed by atoms with Crippen molar-refractivity contribution in [2.75, 3.05) is 31.1 Å². The van der Waals surface area contributed by atoms with E-state index in [9.17, 15) is 4.21 Å². The third kappa shape index (κ3) is 4.13. The highest BCUT2D eigenvalue weighted by Gasteiger charge is 2.25. The second-order valence-corrected chi connectivity index (χ2v) is 7.01. The molecule has 3 nitrogen and oxygen atoms in total. The molecule has 0 bridgehead atoms. The smallest absolute Gasteiger partial charge is 0.0449 e. The van der Waals surface area contributed by atoms with Crippen LogP contribution in [-0.2, 0) is 10.8 Å². The molecule has 1 heterocycles. The molecule has 1 aliphatic heterocycles. The van der Waals surface area contributed by atoms with Gasteiger partial charge in [-0.15, -0.1) is 0 Å². The maximum absolute atomic E-state index is 11.6. The van der Waals surface area contributed by atoms with Gasteiger partial charge in [0.05, 0.1) is 0 Å². The topological polar surface area (TPSA) is 32.3 Å². The summed E-state index contributed by atoms with van der Waals surface area (Å²) in [6.45, 7) is 7.17. The van der Waals surface area contributed by atoms with Crippen molar-refractivity contribution in [1.82, 2.24) is 10.2 Å². The zero-order valence-corrected chi connectivity index (χ0v) is 12.7. The van der Waals surface area contributed by atoms with Crippen molar-refractivity contribution in [2.45, 2.75) is 25.9 Å². The normalized spacial score (nSPS) is 26.2. The average Bonchev–Trinajstić information content (AvgIpc) is 2.47. The Morgan fingerprint density at radius 1 is 1.37 bits per heavy atom. The summed E-state index contributed by atoms with van der Waals surface area (Å²) in [6, 6.07) is 11.5. The van der Waals surface area contributed by atoms with Gasteiger partial charge in [0, 0.05) is 54.0 Å². The molecule has 1 aliphatic rings. The fourth-order valence-corrected chi connectivity index (χ4v) is 3.23. The molecule has 1 aromatic carbocycles. The van der Waals surface area contributed by atoms with Crippen LogP contribution < -0.4 is 5.32 Å². The summed E-state index contributed by atoms with van der Waals surface area (Å²) in [7, 11) is -0.661. The molecule has 0 amide bonds. The minimum absolute atomic E-state index is 0.396. The van der Waals surface area contributed by atoms with Crippen LogP contribution >= 0.6 is 0 Å². The number of nitrogens with zero attached hydrogens (tertiary/aromatic N) is 1. The lowest BCUT2D eigenvalue weighted by Crippen LogP contribution is -2.52. The Morgan fingerprint density at radius 2 is 2.11 bits per heavy atom. The van der Waals surface area contributed by atoms with Crippen LogP contribution in [0.2, 0.25) is 0 Å². The van der Waals surface area contributed by atoms with E-state index in [-0.39, 0.29) is 0 Å². The van der Waals surface area contributed by atoms with Gasteiger partial charge >= 0.3 is 0 Å². The molecule has 1 saturated heterocycles. The number of nitrogens with one attached hydrogen (secondary N) is 1. The maximum Gasteiger partial charge on any atom is 0.0449 e. The Kier molecular flexibility index (Phi) is 5.55. The van der Waals surface area contributed by atoms with Crippen LogP contribution in [0.4, 0.5) is 0 Å². The number of hydrogen-bond donors (Lipinski definition) is 1. The fourth-order valence-electron chi connectivity index (χ4n) is 2.50. The molecular formula is C15H24N2OS. The molecule has 1 aromatic rings. The number of hydrogen-bond acceptors (Lipinski definition) is 3. The summed E-state index contributed by atoms with van der Waals surface area (Å²) in [6.07, 6.45) is 0. The molecule has 19 heavy (non-hydrogen) atoms. The molecule has 0 aromatic heterocycles. The molecule has 0 saturated carbocycles. The highest BCUT2D eigenvalue weighted by molar-refractivity contribution is 7.84. The summed E-state index contributed by atoms with van der Waals surface area (Å²) >= 11 is 0. The fraction of sp³-hybridized carbons (Fsp3) is 0.600. The quantitative estimate of drug-likeness (QED) is 0.892. The van der Waals surface area contributed by atoms with E-state index in [0.717, 1.165) is 31.1 Å². The number of rotatable bonds is 5. The maximum atomic E-state index is 11.6. The Morgan fingerprint density at radius 3 is 2.79 bits per heavy atom. The van der Waals surface area contributed by atoms with Gasteiger partial charge in [-0.1, -0.05) is 37.3 Å². The Hall–Kier alpha value is -0.710. The predicted molar refractivity (Wildman–Crippen MR) is 81.8 cm³/mol. The van der Waals surface area contributed by atoms with Crippen molar-refractivity contribution < 1.29 is 4.21 Å². The van der Waals surface area contributed by atoms with Crippen LogP contribution in [0.5, 0.6) is 0 Å². The Labute approximate surface area is 118 Å². The second kappa shape index (κ2) is 7.17. The summed E-state index contributed by atoms with van der Waals surface area (Å²) in [5, 5.41) is 3.60. The van der Waals surface area contributed by atoms with Crippen molar-refractivity contribution in [3.8, 4) is 0 Å². The van der Waals surface area contributed by atoms with E-state index in [1.165, 1.54) is 5.56 Å². The summed E-state index contributed by atoms with van der Waals surface area (Å²) < 4.78 is 11.6. The standard InChI is InChI=1S/C15H24N2OS/c1-3-19(18)10-9-17-12-15(16-11-13(17)2)14-7-5-4-6-8-14/h4-8,13,15-16H,3,9-12H2,1-2H3. The lowest BCUT2D eigenvalue weighted by molar-refractivity contribution is 0.150. The molecule has 0 radical (unpaired) electrons. The van der Waals surface area contributed by atoms with Crippen molar-refractivity contribution in [1.29, 1.82) is 0 Å². The van der Waals surface area contributed by atoms with Gasteiger partial charge < -0.3 is 5.32 Å².